The highest BCUT2D eigenvalue weighted by atomic mass is 19.4. The van der Waals surface area contributed by atoms with E-state index in [1.807, 2.05) is 0 Å². The Balaban J connectivity index is 1.30. The van der Waals surface area contributed by atoms with Crippen LogP contribution in [0.1, 0.15) is 21.9 Å². The van der Waals surface area contributed by atoms with Gasteiger partial charge in [-0.2, -0.15) is 18.3 Å². The van der Waals surface area contributed by atoms with E-state index in [0.717, 1.165) is 4.68 Å². The molecule has 12 nitrogen and oxygen atoms in total. The molecule has 2 N–H and O–H groups in total. The molecule has 1 fully saturated rings. The van der Waals surface area contributed by atoms with E-state index in [1.54, 1.807) is 17.0 Å². The average molecular weight is 566 g/mol. The summed E-state index contributed by atoms with van der Waals surface area (Å²) in [6, 6.07) is 6.07. The molecular formula is C26H22F3N9O3. The van der Waals surface area contributed by atoms with E-state index in [2.05, 4.69) is 30.4 Å². The number of amides is 1. The molecule has 1 aliphatic heterocycles. The molecule has 0 atom stereocenters. The highest BCUT2D eigenvalue weighted by Gasteiger charge is 2.38. The molecule has 1 aliphatic rings. The van der Waals surface area contributed by atoms with Crippen molar-refractivity contribution in [3.63, 3.8) is 0 Å². The Hall–Kier alpha value is -5.05. The van der Waals surface area contributed by atoms with Crippen LogP contribution in [0.4, 0.5) is 24.7 Å². The fraction of sp³-hybridized carbons (Fsp3) is 0.231. The normalized spacial score (nSPS) is 14.0. The summed E-state index contributed by atoms with van der Waals surface area (Å²) in [5.74, 6) is -0.00326. The van der Waals surface area contributed by atoms with Crippen molar-refractivity contribution in [3.05, 3.63) is 78.5 Å². The van der Waals surface area contributed by atoms with E-state index < -0.39 is 11.9 Å². The van der Waals surface area contributed by atoms with Gasteiger partial charge >= 0.3 is 6.18 Å². The first kappa shape index (κ1) is 26.2. The Labute approximate surface area is 230 Å². The number of anilines is 2. The van der Waals surface area contributed by atoms with Crippen LogP contribution >= 0.6 is 0 Å². The largest absolute Gasteiger partial charge is 0.507 e. The summed E-state index contributed by atoms with van der Waals surface area (Å²) in [7, 11) is 0. The van der Waals surface area contributed by atoms with Crippen molar-refractivity contribution in [2.24, 2.45) is 0 Å². The van der Waals surface area contributed by atoms with Crippen LogP contribution in [-0.2, 0) is 17.5 Å². The molecule has 1 saturated heterocycles. The number of nitrogens with zero attached hydrogens (tertiary/aromatic N) is 8. The van der Waals surface area contributed by atoms with Gasteiger partial charge in [0.25, 0.3) is 5.91 Å². The van der Waals surface area contributed by atoms with Gasteiger partial charge in [-0.1, -0.05) is 0 Å². The Morgan fingerprint density at radius 3 is 2.59 bits per heavy atom. The lowest BCUT2D eigenvalue weighted by Crippen LogP contribution is -2.40. The molecule has 4 aromatic heterocycles. The van der Waals surface area contributed by atoms with Crippen LogP contribution in [0.5, 0.6) is 5.75 Å². The quantitative estimate of drug-likeness (QED) is 0.318. The van der Waals surface area contributed by atoms with Gasteiger partial charge in [-0.3, -0.25) is 13.9 Å². The SMILES string of the molecule is O=C(c1ccc(Nc2nccn3c(-c4cn(Cc5ncccn5)nc4C(F)(F)F)cnc23)cc1O)N1CCOCC1. The molecule has 15 heteroatoms. The third-order valence-electron chi connectivity index (χ3n) is 6.45. The van der Waals surface area contributed by atoms with Gasteiger partial charge in [-0.15, -0.1) is 0 Å². The van der Waals surface area contributed by atoms with Crippen molar-refractivity contribution in [3.8, 4) is 17.0 Å². The van der Waals surface area contributed by atoms with Crippen LogP contribution in [0.25, 0.3) is 16.9 Å². The third-order valence-corrected chi connectivity index (χ3v) is 6.45. The number of alkyl halides is 3. The molecule has 0 saturated carbocycles. The minimum absolute atomic E-state index is 0.0530. The molecule has 0 aliphatic carbocycles. The van der Waals surface area contributed by atoms with E-state index in [4.69, 9.17) is 4.74 Å². The maximum absolute atomic E-state index is 14.0. The van der Waals surface area contributed by atoms with Gasteiger partial charge in [-0.05, 0) is 18.2 Å². The average Bonchev–Trinajstić information content (AvgIpc) is 3.59. The Morgan fingerprint density at radius 1 is 1.07 bits per heavy atom. The van der Waals surface area contributed by atoms with Crippen molar-refractivity contribution in [2.75, 3.05) is 31.6 Å². The second-order valence-corrected chi connectivity index (χ2v) is 9.13. The van der Waals surface area contributed by atoms with Crippen LogP contribution in [0.3, 0.4) is 0 Å². The minimum atomic E-state index is -4.73. The molecular weight excluding hydrogens is 543 g/mol. The summed E-state index contributed by atoms with van der Waals surface area (Å²) in [6.45, 7) is 1.67. The molecule has 0 bridgehead atoms. The zero-order valence-electron chi connectivity index (χ0n) is 21.3. The zero-order chi connectivity index (χ0) is 28.6. The lowest BCUT2D eigenvalue weighted by atomic mass is 10.1. The lowest BCUT2D eigenvalue weighted by Gasteiger charge is -2.27. The van der Waals surface area contributed by atoms with E-state index in [0.29, 0.717) is 37.8 Å². The van der Waals surface area contributed by atoms with Crippen LogP contribution in [-0.4, -0.2) is 76.3 Å². The van der Waals surface area contributed by atoms with E-state index in [9.17, 15) is 23.1 Å². The van der Waals surface area contributed by atoms with Crippen LogP contribution in [0.2, 0.25) is 0 Å². The number of imidazole rings is 1. The maximum Gasteiger partial charge on any atom is 0.435 e. The van der Waals surface area contributed by atoms with E-state index in [1.165, 1.54) is 53.7 Å². The fourth-order valence-electron chi connectivity index (χ4n) is 4.53. The van der Waals surface area contributed by atoms with Crippen LogP contribution < -0.4 is 5.32 Å². The van der Waals surface area contributed by atoms with Crippen LogP contribution in [0.15, 0.2) is 61.4 Å². The topological polar surface area (TPSA) is 136 Å². The summed E-state index contributed by atoms with van der Waals surface area (Å²) in [4.78, 5) is 31.1. The lowest BCUT2D eigenvalue weighted by molar-refractivity contribution is -0.141. The second kappa shape index (κ2) is 10.5. The summed E-state index contributed by atoms with van der Waals surface area (Å²) >= 11 is 0. The summed E-state index contributed by atoms with van der Waals surface area (Å²) < 4.78 is 49.8. The Morgan fingerprint density at radius 2 is 1.85 bits per heavy atom. The molecule has 5 aromatic rings. The number of fused-ring (bicyclic) bond motifs is 1. The number of morpholine rings is 1. The predicted molar refractivity (Wildman–Crippen MR) is 138 cm³/mol. The Kier molecular flexibility index (Phi) is 6.70. The summed E-state index contributed by atoms with van der Waals surface area (Å²) in [5.41, 5.74) is -0.328. The maximum atomic E-state index is 14.0. The van der Waals surface area contributed by atoms with Gasteiger partial charge in [0, 0.05) is 55.8 Å². The number of benzene rings is 1. The Bertz CT molecular complexity index is 1710. The number of ether oxygens (including phenoxy) is 1. The van der Waals surface area contributed by atoms with Crippen molar-refractivity contribution in [1.82, 2.24) is 39.0 Å². The first-order chi connectivity index (χ1) is 19.8. The number of halogens is 3. The standard InChI is InChI=1S/C26H22F3N9O3/c27-26(28,29)22-18(14-37(35-22)15-21-30-4-1-5-31-21)19-13-33-24-23(32-6-7-38(19)24)34-16-2-3-17(20(39)12-16)25(40)36-8-10-41-11-9-36/h1-7,12-14,39H,8-11,15H2,(H,32,34). The van der Waals surface area contributed by atoms with Crippen molar-refractivity contribution in [2.45, 2.75) is 12.7 Å². The number of rotatable bonds is 6. The van der Waals surface area contributed by atoms with Gasteiger partial charge in [0.1, 0.15) is 18.1 Å². The van der Waals surface area contributed by atoms with Gasteiger partial charge in [-0.25, -0.2) is 19.9 Å². The first-order valence-corrected chi connectivity index (χ1v) is 12.5. The number of carbonyl (C=O) groups excluding carboxylic acids is 1. The van der Waals surface area contributed by atoms with Crippen LogP contribution in [0, 0.1) is 0 Å². The molecule has 210 valence electrons. The molecule has 1 aromatic carbocycles. The number of aromatic nitrogens is 7. The number of phenolic OH excluding ortho intramolecular Hbond substituents is 1. The molecule has 1 amide bonds. The molecule has 6 rings (SSSR count). The highest BCUT2D eigenvalue weighted by Crippen LogP contribution is 2.37. The number of hydrogen-bond donors (Lipinski definition) is 2. The number of nitrogens with one attached hydrogen (secondary N) is 1. The number of phenols is 1. The summed E-state index contributed by atoms with van der Waals surface area (Å²) in [6.07, 6.45) is 3.75. The van der Waals surface area contributed by atoms with Gasteiger partial charge < -0.3 is 20.1 Å². The number of aromatic hydroxyl groups is 1. The third kappa shape index (κ3) is 5.26. The molecule has 5 heterocycles. The molecule has 0 radical (unpaired) electrons. The van der Waals surface area contributed by atoms with E-state index in [-0.39, 0.29) is 46.5 Å². The molecule has 0 unspecified atom stereocenters. The van der Waals surface area contributed by atoms with Gasteiger partial charge in [0.2, 0.25) is 0 Å². The fourth-order valence-corrected chi connectivity index (χ4v) is 4.53. The smallest absolute Gasteiger partial charge is 0.435 e. The molecule has 0 spiro atoms. The highest BCUT2D eigenvalue weighted by molar-refractivity contribution is 5.97. The number of carbonyl (C=O) groups is 1. The zero-order valence-corrected chi connectivity index (χ0v) is 21.3. The van der Waals surface area contributed by atoms with E-state index >= 15 is 0 Å². The first-order valence-electron chi connectivity index (χ1n) is 12.5. The van der Waals surface area contributed by atoms with Crippen molar-refractivity contribution in [1.29, 1.82) is 0 Å². The predicted octanol–water partition coefficient (Wildman–Crippen LogP) is 3.37. The van der Waals surface area contributed by atoms with Crippen molar-refractivity contribution >= 4 is 23.1 Å². The molecule has 41 heavy (non-hydrogen) atoms. The minimum Gasteiger partial charge on any atom is -0.507 e. The summed E-state index contributed by atoms with van der Waals surface area (Å²) in [5, 5.41) is 17.4. The number of hydrogen-bond acceptors (Lipinski definition) is 9. The van der Waals surface area contributed by atoms with Gasteiger partial charge in [0.05, 0.1) is 36.2 Å². The monoisotopic (exact) mass is 565 g/mol. The van der Waals surface area contributed by atoms with Crippen molar-refractivity contribution < 1.29 is 27.8 Å². The second-order valence-electron chi connectivity index (χ2n) is 9.13. The van der Waals surface area contributed by atoms with Gasteiger partial charge in [0.15, 0.2) is 17.2 Å².